The summed E-state index contributed by atoms with van der Waals surface area (Å²) in [5.74, 6) is -1.09. The average molecular weight is 481 g/mol. The number of rotatable bonds is 7. The number of carbonyl (C=O) groups excluding carboxylic acids is 3. The lowest BCUT2D eigenvalue weighted by Gasteiger charge is -2.58. The number of ether oxygens (including phenoxy) is 5. The van der Waals surface area contributed by atoms with Crippen LogP contribution in [0.3, 0.4) is 0 Å². The van der Waals surface area contributed by atoms with Gasteiger partial charge in [0.05, 0.1) is 23.5 Å². The maximum atomic E-state index is 12.6. The van der Waals surface area contributed by atoms with E-state index in [1.165, 1.54) is 6.92 Å². The zero-order valence-electron chi connectivity index (χ0n) is 20.8. The number of aliphatic hydroxyl groups excluding tert-OH is 1. The minimum atomic E-state index is -1.11. The number of aliphatic hydroxyl groups is 1. The van der Waals surface area contributed by atoms with Crippen molar-refractivity contribution in [3.05, 3.63) is 11.6 Å². The minimum Gasteiger partial charge on any atom is -0.465 e. The first kappa shape index (κ1) is 25.1. The van der Waals surface area contributed by atoms with E-state index in [9.17, 15) is 19.5 Å². The molecule has 2 saturated heterocycles. The first-order valence-corrected chi connectivity index (χ1v) is 12.1. The largest absolute Gasteiger partial charge is 0.465 e. The number of fused-ring (bicyclic) bond motifs is 2. The Bertz CT molecular complexity index is 891. The number of carbonyl (C=O) groups is 3. The fourth-order valence-corrected chi connectivity index (χ4v) is 6.31. The molecule has 1 N–H and O–H groups in total. The van der Waals surface area contributed by atoms with E-state index in [0.717, 1.165) is 5.57 Å². The molecule has 0 aromatic rings. The summed E-state index contributed by atoms with van der Waals surface area (Å²) in [6.45, 7) is 11.0. The van der Waals surface area contributed by atoms with Gasteiger partial charge < -0.3 is 28.8 Å². The van der Waals surface area contributed by atoms with Crippen molar-refractivity contribution < 1.29 is 43.2 Å². The van der Waals surface area contributed by atoms with E-state index in [1.807, 2.05) is 33.8 Å². The van der Waals surface area contributed by atoms with E-state index in [4.69, 9.17) is 23.7 Å². The molecule has 2 bridgehead atoms. The van der Waals surface area contributed by atoms with Gasteiger partial charge in [0.2, 0.25) is 0 Å². The lowest BCUT2D eigenvalue weighted by Crippen LogP contribution is -2.68. The van der Waals surface area contributed by atoms with Gasteiger partial charge in [-0.25, -0.2) is 0 Å². The van der Waals surface area contributed by atoms with Crippen molar-refractivity contribution in [1.82, 2.24) is 0 Å². The number of esters is 3. The molecule has 1 spiro atoms. The molecule has 2 aliphatic carbocycles. The predicted molar refractivity (Wildman–Crippen MR) is 118 cm³/mol. The zero-order valence-corrected chi connectivity index (χ0v) is 20.8. The third kappa shape index (κ3) is 3.58. The summed E-state index contributed by atoms with van der Waals surface area (Å²) in [6.07, 6.45) is -1.30. The molecule has 0 amide bonds. The Hall–Kier alpha value is -1.97. The molecule has 0 aromatic heterocycles. The smallest absolute Gasteiger partial charge is 0.306 e. The van der Waals surface area contributed by atoms with E-state index in [2.05, 4.69) is 0 Å². The SMILES string of the molecule is CCC(=O)OC1C(O)C2OC3C=C(C)C(OC(=O)CC(C)C)CC3(COC(C)=O)C1(C)C21CO1. The molecule has 4 rings (SSSR count). The molecule has 1 saturated carbocycles. The lowest BCUT2D eigenvalue weighted by atomic mass is 9.51. The van der Waals surface area contributed by atoms with Crippen LogP contribution >= 0.6 is 0 Å². The Morgan fingerprint density at radius 1 is 1.24 bits per heavy atom. The van der Waals surface area contributed by atoms with Gasteiger partial charge in [-0.3, -0.25) is 14.4 Å². The molecule has 9 nitrogen and oxygen atoms in total. The Balaban J connectivity index is 1.79. The third-order valence-corrected chi connectivity index (χ3v) is 8.26. The van der Waals surface area contributed by atoms with Crippen LogP contribution in [0.5, 0.6) is 0 Å². The first-order chi connectivity index (χ1) is 15.9. The van der Waals surface area contributed by atoms with Crippen LogP contribution in [0.25, 0.3) is 0 Å². The van der Waals surface area contributed by atoms with Crippen molar-refractivity contribution in [1.29, 1.82) is 0 Å². The van der Waals surface area contributed by atoms with Gasteiger partial charge in [0, 0.05) is 26.2 Å². The Kier molecular flexibility index (Phi) is 6.36. The van der Waals surface area contributed by atoms with Crippen LogP contribution in [0.2, 0.25) is 0 Å². The fourth-order valence-electron chi connectivity index (χ4n) is 6.31. The van der Waals surface area contributed by atoms with Crippen molar-refractivity contribution in [2.75, 3.05) is 13.2 Å². The van der Waals surface area contributed by atoms with E-state index in [-0.39, 0.29) is 37.8 Å². The van der Waals surface area contributed by atoms with Crippen molar-refractivity contribution >= 4 is 17.9 Å². The van der Waals surface area contributed by atoms with Gasteiger partial charge in [-0.2, -0.15) is 0 Å². The summed E-state index contributed by atoms with van der Waals surface area (Å²) in [5.41, 5.74) is -2.00. The molecule has 0 radical (unpaired) electrons. The van der Waals surface area contributed by atoms with Gasteiger partial charge in [0.25, 0.3) is 0 Å². The van der Waals surface area contributed by atoms with Crippen LogP contribution in [0, 0.1) is 16.7 Å². The lowest BCUT2D eigenvalue weighted by molar-refractivity contribution is -0.241. The van der Waals surface area contributed by atoms with Gasteiger partial charge in [0.1, 0.15) is 36.6 Å². The van der Waals surface area contributed by atoms with Gasteiger partial charge in [-0.05, 0) is 18.4 Å². The summed E-state index contributed by atoms with van der Waals surface area (Å²) in [7, 11) is 0. The molecule has 8 atom stereocenters. The van der Waals surface area contributed by atoms with Crippen LogP contribution in [0.1, 0.15) is 60.8 Å². The molecule has 0 aromatic carbocycles. The van der Waals surface area contributed by atoms with Gasteiger partial charge in [0.15, 0.2) is 0 Å². The maximum Gasteiger partial charge on any atom is 0.306 e. The second kappa shape index (κ2) is 8.60. The molecular formula is C25H36O9. The van der Waals surface area contributed by atoms with E-state index in [1.54, 1.807) is 6.92 Å². The van der Waals surface area contributed by atoms with Crippen LogP contribution in [0.4, 0.5) is 0 Å². The fraction of sp³-hybridized carbons (Fsp3) is 0.800. The summed E-state index contributed by atoms with van der Waals surface area (Å²) in [4.78, 5) is 36.9. The normalized spacial score (nSPS) is 42.1. The zero-order chi connectivity index (χ0) is 25.1. The van der Waals surface area contributed by atoms with Gasteiger partial charge >= 0.3 is 17.9 Å². The van der Waals surface area contributed by atoms with Crippen LogP contribution < -0.4 is 0 Å². The molecule has 8 unspecified atom stereocenters. The van der Waals surface area contributed by atoms with E-state index < -0.39 is 58.9 Å². The van der Waals surface area contributed by atoms with E-state index >= 15 is 0 Å². The van der Waals surface area contributed by atoms with Crippen molar-refractivity contribution in [2.24, 2.45) is 16.7 Å². The molecule has 9 heteroatoms. The van der Waals surface area contributed by atoms with Crippen molar-refractivity contribution in [3.8, 4) is 0 Å². The Morgan fingerprint density at radius 3 is 2.47 bits per heavy atom. The van der Waals surface area contributed by atoms with Crippen LogP contribution in [0.15, 0.2) is 11.6 Å². The summed E-state index contributed by atoms with van der Waals surface area (Å²) < 4.78 is 29.7. The molecule has 2 aliphatic heterocycles. The molecule has 3 fully saturated rings. The first-order valence-electron chi connectivity index (χ1n) is 12.1. The molecule has 2 heterocycles. The Morgan fingerprint density at radius 2 is 1.91 bits per heavy atom. The second-order valence-corrected chi connectivity index (χ2v) is 10.7. The number of epoxide rings is 1. The van der Waals surface area contributed by atoms with E-state index in [0.29, 0.717) is 6.61 Å². The molecule has 190 valence electrons. The highest BCUT2D eigenvalue weighted by Gasteiger charge is 2.86. The summed E-state index contributed by atoms with van der Waals surface area (Å²) in [5, 5.41) is 11.3. The van der Waals surface area contributed by atoms with Crippen molar-refractivity contribution in [2.45, 2.75) is 96.9 Å². The Labute approximate surface area is 200 Å². The van der Waals surface area contributed by atoms with Crippen LogP contribution in [-0.4, -0.2) is 72.3 Å². The van der Waals surface area contributed by atoms with Gasteiger partial charge in [-0.15, -0.1) is 0 Å². The average Bonchev–Trinajstić information content (AvgIpc) is 3.53. The topological polar surface area (TPSA) is 121 Å². The summed E-state index contributed by atoms with van der Waals surface area (Å²) >= 11 is 0. The van der Waals surface area contributed by atoms with Crippen molar-refractivity contribution in [3.63, 3.8) is 0 Å². The highest BCUT2D eigenvalue weighted by molar-refractivity contribution is 5.70. The standard InChI is InChI=1S/C25H36O9/c1-7-18(27)34-21-20(29)22-25(12-31-25)23(21,6)24(11-30-15(5)26)10-16(14(4)9-17(24)33-22)32-19(28)8-13(2)3/h9,13,16-17,20-22,29H,7-8,10-12H2,1-6H3. The maximum absolute atomic E-state index is 12.6. The second-order valence-electron chi connectivity index (χ2n) is 10.7. The molecule has 4 aliphatic rings. The van der Waals surface area contributed by atoms with Crippen LogP contribution in [-0.2, 0) is 38.1 Å². The molecular weight excluding hydrogens is 444 g/mol. The number of hydrogen-bond acceptors (Lipinski definition) is 9. The third-order valence-electron chi connectivity index (χ3n) is 8.26. The highest BCUT2D eigenvalue weighted by atomic mass is 16.7. The molecule has 34 heavy (non-hydrogen) atoms. The van der Waals surface area contributed by atoms with Gasteiger partial charge in [-0.1, -0.05) is 33.8 Å². The summed E-state index contributed by atoms with van der Waals surface area (Å²) in [6, 6.07) is 0. The highest BCUT2D eigenvalue weighted by Crippen LogP contribution is 2.72. The quantitative estimate of drug-likeness (QED) is 0.253. The predicted octanol–water partition coefficient (Wildman–Crippen LogP) is 2.08. The monoisotopic (exact) mass is 480 g/mol. The number of hydrogen-bond donors (Lipinski definition) is 1. The minimum absolute atomic E-state index is 0.0593.